The first-order valence-electron chi connectivity index (χ1n) is 12.7. The molecule has 1 aliphatic heterocycles. The summed E-state index contributed by atoms with van der Waals surface area (Å²) in [5.74, 6) is 4.31. The Labute approximate surface area is 194 Å². The number of nitrogens with zero attached hydrogens (tertiary/aromatic N) is 5. The number of carbonyl (C=O) groups excluding carboxylic acids is 1. The molecule has 2 aromatic rings. The molecule has 4 aliphatic carbocycles. The van der Waals surface area contributed by atoms with Gasteiger partial charge >= 0.3 is 0 Å². The van der Waals surface area contributed by atoms with Crippen molar-refractivity contribution in [3.8, 4) is 5.82 Å². The molecule has 174 valence electrons. The summed E-state index contributed by atoms with van der Waals surface area (Å²) in [6, 6.07) is 0. The fourth-order valence-corrected chi connectivity index (χ4v) is 8.41. The fraction of sp³-hybridized carbons (Fsp3) is 0.680. The van der Waals surface area contributed by atoms with Gasteiger partial charge in [-0.2, -0.15) is 5.10 Å². The molecule has 7 rings (SSSR count). The van der Waals surface area contributed by atoms with E-state index in [1.165, 1.54) is 38.5 Å². The third kappa shape index (κ3) is 2.99. The molecule has 3 bridgehead atoms. The molecule has 1 saturated heterocycles. The standard InChI is InChI=1S/C25H33N7O/c1-16-20(13-32(30-16)22-12-27-11-21(29-22)31-4-2-26-3-5-31)23(33)28-15-24-8-17-6-18-7-19(10-24)25(18,9-17)14-24/h11-13,17-19,26H,2-10,14-15H2,1H3,(H,28,33). The molecule has 0 aromatic carbocycles. The van der Waals surface area contributed by atoms with Crippen LogP contribution in [0.25, 0.3) is 5.82 Å². The van der Waals surface area contributed by atoms with E-state index >= 15 is 0 Å². The van der Waals surface area contributed by atoms with Gasteiger partial charge < -0.3 is 15.5 Å². The van der Waals surface area contributed by atoms with Gasteiger partial charge in [0.05, 0.1) is 23.7 Å². The van der Waals surface area contributed by atoms with Gasteiger partial charge in [-0.05, 0) is 74.0 Å². The highest BCUT2D eigenvalue weighted by molar-refractivity contribution is 5.95. The number of aryl methyl sites for hydroxylation is 1. The number of rotatable bonds is 5. The topological polar surface area (TPSA) is 88.0 Å². The summed E-state index contributed by atoms with van der Waals surface area (Å²) >= 11 is 0. The number of piperazine rings is 1. The summed E-state index contributed by atoms with van der Waals surface area (Å²) in [5, 5.41) is 11.3. The van der Waals surface area contributed by atoms with E-state index < -0.39 is 0 Å². The fourth-order valence-electron chi connectivity index (χ4n) is 8.41. The second kappa shape index (κ2) is 7.01. The smallest absolute Gasteiger partial charge is 0.254 e. The third-order valence-corrected chi connectivity index (χ3v) is 9.64. The van der Waals surface area contributed by atoms with E-state index in [0.29, 0.717) is 22.2 Å². The number of fused-ring (bicyclic) bond motifs is 2. The Balaban J connectivity index is 1.07. The van der Waals surface area contributed by atoms with Gasteiger partial charge in [0.1, 0.15) is 5.82 Å². The number of anilines is 1. The molecule has 8 nitrogen and oxygen atoms in total. The lowest BCUT2D eigenvalue weighted by atomic mass is 9.55. The minimum Gasteiger partial charge on any atom is -0.353 e. The first kappa shape index (κ1) is 19.9. The quantitative estimate of drug-likeness (QED) is 0.732. The van der Waals surface area contributed by atoms with Gasteiger partial charge in [0, 0.05) is 38.9 Å². The summed E-state index contributed by atoms with van der Waals surface area (Å²) in [5.41, 5.74) is 2.36. The summed E-state index contributed by atoms with van der Waals surface area (Å²) in [6.45, 7) is 6.43. The Bertz CT molecular complexity index is 1100. The third-order valence-electron chi connectivity index (χ3n) is 9.64. The molecule has 2 aromatic heterocycles. The second-order valence-electron chi connectivity index (χ2n) is 11.5. The molecular weight excluding hydrogens is 414 g/mol. The number of aromatic nitrogens is 4. The average Bonchev–Trinajstić information content (AvgIpc) is 3.38. The highest BCUT2D eigenvalue weighted by Crippen LogP contribution is 2.78. The molecular formula is C25H33N7O. The molecule has 1 amide bonds. The Hall–Kier alpha value is -2.48. The van der Waals surface area contributed by atoms with Crippen LogP contribution in [0.1, 0.15) is 54.6 Å². The van der Waals surface area contributed by atoms with Gasteiger partial charge in [-0.3, -0.25) is 9.78 Å². The highest BCUT2D eigenvalue weighted by atomic mass is 16.1. The number of nitrogens with one attached hydrogen (secondary N) is 2. The van der Waals surface area contributed by atoms with E-state index in [1.807, 2.05) is 13.1 Å². The molecule has 3 heterocycles. The molecule has 8 heteroatoms. The van der Waals surface area contributed by atoms with Crippen LogP contribution in [0.4, 0.5) is 5.82 Å². The van der Waals surface area contributed by atoms with Crippen molar-refractivity contribution in [1.29, 1.82) is 0 Å². The van der Waals surface area contributed by atoms with Crippen molar-refractivity contribution in [2.75, 3.05) is 37.6 Å². The highest BCUT2D eigenvalue weighted by Gasteiger charge is 2.70. The van der Waals surface area contributed by atoms with Crippen LogP contribution in [-0.2, 0) is 0 Å². The second-order valence-corrected chi connectivity index (χ2v) is 11.5. The minimum absolute atomic E-state index is 0.00874. The van der Waals surface area contributed by atoms with Crippen LogP contribution < -0.4 is 15.5 Å². The minimum atomic E-state index is -0.00874. The van der Waals surface area contributed by atoms with E-state index in [-0.39, 0.29) is 5.91 Å². The molecule has 1 spiro atoms. The van der Waals surface area contributed by atoms with Crippen molar-refractivity contribution in [2.45, 2.75) is 45.4 Å². The number of amides is 1. The average molecular weight is 448 g/mol. The Kier molecular flexibility index (Phi) is 4.24. The maximum atomic E-state index is 13.2. The molecule has 5 aliphatic rings. The number of carbonyl (C=O) groups is 1. The van der Waals surface area contributed by atoms with Crippen molar-refractivity contribution in [3.63, 3.8) is 0 Å². The molecule has 33 heavy (non-hydrogen) atoms. The molecule has 5 fully saturated rings. The van der Waals surface area contributed by atoms with Gasteiger partial charge in [-0.1, -0.05) is 0 Å². The summed E-state index contributed by atoms with van der Waals surface area (Å²) in [4.78, 5) is 24.6. The molecule has 5 atom stereocenters. The van der Waals surface area contributed by atoms with E-state index in [9.17, 15) is 4.79 Å². The molecule has 0 radical (unpaired) electrons. The predicted molar refractivity (Wildman–Crippen MR) is 124 cm³/mol. The van der Waals surface area contributed by atoms with Gasteiger partial charge in [-0.15, -0.1) is 0 Å². The van der Waals surface area contributed by atoms with E-state index in [4.69, 9.17) is 4.98 Å². The lowest BCUT2D eigenvalue weighted by Crippen LogP contribution is -2.44. The van der Waals surface area contributed by atoms with Gasteiger partial charge in [0.25, 0.3) is 5.91 Å². The van der Waals surface area contributed by atoms with Crippen molar-refractivity contribution in [3.05, 3.63) is 29.8 Å². The van der Waals surface area contributed by atoms with Crippen molar-refractivity contribution in [2.24, 2.45) is 28.6 Å². The normalized spacial score (nSPS) is 36.0. The monoisotopic (exact) mass is 447 g/mol. The first-order chi connectivity index (χ1) is 16.0. The first-order valence-corrected chi connectivity index (χ1v) is 12.7. The zero-order valence-corrected chi connectivity index (χ0v) is 19.4. The van der Waals surface area contributed by atoms with Crippen molar-refractivity contribution >= 4 is 11.7 Å². The Morgan fingerprint density at radius 1 is 1.15 bits per heavy atom. The molecule has 2 N–H and O–H groups in total. The van der Waals surface area contributed by atoms with Crippen LogP contribution in [0, 0.1) is 35.5 Å². The van der Waals surface area contributed by atoms with Crippen molar-refractivity contribution < 1.29 is 4.79 Å². The van der Waals surface area contributed by atoms with Crippen molar-refractivity contribution in [1.82, 2.24) is 30.4 Å². The maximum Gasteiger partial charge on any atom is 0.254 e. The Morgan fingerprint density at radius 3 is 2.88 bits per heavy atom. The van der Waals surface area contributed by atoms with Gasteiger partial charge in [0.2, 0.25) is 0 Å². The van der Waals surface area contributed by atoms with E-state index in [1.54, 1.807) is 17.1 Å². The van der Waals surface area contributed by atoms with E-state index in [0.717, 1.165) is 62.0 Å². The SMILES string of the molecule is Cc1nn(-c2cncc(N3CCNCC3)n2)cc1C(=O)NCC12CC3CC4CC(C1)C4(C3)C2. The van der Waals surface area contributed by atoms with Crippen LogP contribution in [0.3, 0.4) is 0 Å². The lowest BCUT2D eigenvalue weighted by Gasteiger charge is -2.49. The van der Waals surface area contributed by atoms with E-state index in [2.05, 4.69) is 25.6 Å². The van der Waals surface area contributed by atoms with Crippen LogP contribution in [0.5, 0.6) is 0 Å². The summed E-state index contributed by atoms with van der Waals surface area (Å²) in [6.07, 6.45) is 13.7. The number of hydrogen-bond donors (Lipinski definition) is 2. The lowest BCUT2D eigenvalue weighted by molar-refractivity contribution is -0.00254. The van der Waals surface area contributed by atoms with Crippen LogP contribution in [-0.4, -0.2) is 58.4 Å². The van der Waals surface area contributed by atoms with Gasteiger partial charge in [0.15, 0.2) is 5.82 Å². The van der Waals surface area contributed by atoms with Crippen LogP contribution in [0.2, 0.25) is 0 Å². The van der Waals surface area contributed by atoms with Crippen LogP contribution >= 0.6 is 0 Å². The summed E-state index contributed by atoms with van der Waals surface area (Å²) in [7, 11) is 0. The number of hydrogen-bond acceptors (Lipinski definition) is 6. The molecule has 4 saturated carbocycles. The zero-order valence-electron chi connectivity index (χ0n) is 19.4. The maximum absolute atomic E-state index is 13.2. The zero-order chi connectivity index (χ0) is 22.2. The van der Waals surface area contributed by atoms with Crippen LogP contribution in [0.15, 0.2) is 18.6 Å². The Morgan fingerprint density at radius 2 is 2.00 bits per heavy atom. The summed E-state index contributed by atoms with van der Waals surface area (Å²) < 4.78 is 1.70. The molecule has 5 unspecified atom stereocenters. The largest absolute Gasteiger partial charge is 0.353 e. The van der Waals surface area contributed by atoms with Gasteiger partial charge in [-0.25, -0.2) is 9.67 Å². The predicted octanol–water partition coefficient (Wildman–Crippen LogP) is 2.33.